The van der Waals surface area contributed by atoms with Crippen LogP contribution in [0.25, 0.3) is 0 Å². The largest absolute Gasteiger partial charge is 0.478 e. The lowest BCUT2D eigenvalue weighted by atomic mass is 10.1. The number of carbonyl (C=O) groups is 2. The third-order valence-electron chi connectivity index (χ3n) is 2.83. The van der Waals surface area contributed by atoms with E-state index in [1.807, 2.05) is 0 Å². The number of hydrogen-bond acceptors (Lipinski definition) is 3. The number of aliphatic hydroxyl groups is 1. The highest BCUT2D eigenvalue weighted by Gasteiger charge is 2.18. The molecule has 0 saturated heterocycles. The fraction of sp³-hybridized carbons (Fsp3) is 0.0667. The van der Waals surface area contributed by atoms with Crippen molar-refractivity contribution in [3.05, 3.63) is 65.5 Å². The van der Waals surface area contributed by atoms with Gasteiger partial charge in [-0.3, -0.25) is 4.79 Å². The van der Waals surface area contributed by atoms with Crippen LogP contribution in [0.2, 0.25) is 0 Å². The van der Waals surface area contributed by atoms with Crippen LogP contribution in [0, 0.1) is 5.82 Å². The first kappa shape index (κ1) is 14.7. The van der Waals surface area contributed by atoms with Crippen molar-refractivity contribution < 1.29 is 24.2 Å². The van der Waals surface area contributed by atoms with E-state index in [0.29, 0.717) is 5.56 Å². The summed E-state index contributed by atoms with van der Waals surface area (Å²) in [6.45, 7) is 0. The predicted octanol–water partition coefficient (Wildman–Crippen LogP) is 2.20. The summed E-state index contributed by atoms with van der Waals surface area (Å²) in [5, 5.41) is 21.0. The number of carboxylic acids is 1. The molecule has 21 heavy (non-hydrogen) atoms. The Morgan fingerprint density at radius 3 is 2.38 bits per heavy atom. The van der Waals surface area contributed by atoms with Crippen LogP contribution in [-0.2, 0) is 4.79 Å². The Balaban J connectivity index is 2.16. The van der Waals surface area contributed by atoms with E-state index >= 15 is 0 Å². The normalized spacial score (nSPS) is 11.7. The summed E-state index contributed by atoms with van der Waals surface area (Å²) in [6, 6.07) is 11.4. The van der Waals surface area contributed by atoms with Gasteiger partial charge in [-0.2, -0.15) is 0 Å². The smallest absolute Gasteiger partial charge is 0.338 e. The monoisotopic (exact) mass is 289 g/mol. The minimum Gasteiger partial charge on any atom is -0.478 e. The van der Waals surface area contributed by atoms with Gasteiger partial charge in [0.25, 0.3) is 5.91 Å². The summed E-state index contributed by atoms with van der Waals surface area (Å²) >= 11 is 0. The number of benzene rings is 2. The number of nitrogens with one attached hydrogen (secondary N) is 1. The van der Waals surface area contributed by atoms with Crippen LogP contribution >= 0.6 is 0 Å². The van der Waals surface area contributed by atoms with Crippen molar-refractivity contribution in [3.63, 3.8) is 0 Å². The minimum absolute atomic E-state index is 0.0915. The van der Waals surface area contributed by atoms with Gasteiger partial charge < -0.3 is 15.5 Å². The molecule has 0 radical (unpaired) electrons. The van der Waals surface area contributed by atoms with Gasteiger partial charge in [0.15, 0.2) is 6.10 Å². The molecule has 0 aliphatic rings. The molecule has 2 rings (SSSR count). The first-order valence-electron chi connectivity index (χ1n) is 6.06. The first-order chi connectivity index (χ1) is 9.99. The summed E-state index contributed by atoms with van der Waals surface area (Å²) in [7, 11) is 0. The van der Waals surface area contributed by atoms with Gasteiger partial charge in [0.1, 0.15) is 5.82 Å². The molecule has 6 heteroatoms. The number of carbonyl (C=O) groups excluding carboxylic acids is 1. The van der Waals surface area contributed by atoms with Crippen molar-refractivity contribution in [3.8, 4) is 0 Å². The minimum atomic E-state index is -1.44. The van der Waals surface area contributed by atoms with Crippen molar-refractivity contribution in [1.29, 1.82) is 0 Å². The van der Waals surface area contributed by atoms with Crippen LogP contribution in [0.4, 0.5) is 10.1 Å². The SMILES string of the molecule is O=C(O)c1cc(NC(=O)C(O)c2ccccc2)ccc1F. The summed E-state index contributed by atoms with van der Waals surface area (Å²) in [5.41, 5.74) is -0.0636. The van der Waals surface area contributed by atoms with Crippen LogP contribution in [0.15, 0.2) is 48.5 Å². The number of halogens is 1. The second kappa shape index (κ2) is 6.15. The summed E-state index contributed by atoms with van der Waals surface area (Å²) in [4.78, 5) is 22.7. The first-order valence-corrected chi connectivity index (χ1v) is 6.06. The number of aromatic carboxylic acids is 1. The molecule has 2 aromatic carbocycles. The highest BCUT2D eigenvalue weighted by molar-refractivity contribution is 5.96. The lowest BCUT2D eigenvalue weighted by Crippen LogP contribution is -2.21. The van der Waals surface area contributed by atoms with E-state index in [1.54, 1.807) is 30.3 Å². The fourth-order valence-electron chi connectivity index (χ4n) is 1.76. The average molecular weight is 289 g/mol. The Hall–Kier alpha value is -2.73. The van der Waals surface area contributed by atoms with E-state index in [9.17, 15) is 19.1 Å². The summed E-state index contributed by atoms with van der Waals surface area (Å²) in [6.07, 6.45) is -1.40. The van der Waals surface area contributed by atoms with Crippen molar-refractivity contribution in [2.24, 2.45) is 0 Å². The number of hydrogen-bond donors (Lipinski definition) is 3. The van der Waals surface area contributed by atoms with Gasteiger partial charge >= 0.3 is 5.97 Å². The molecule has 0 aliphatic heterocycles. The van der Waals surface area contributed by atoms with Gasteiger partial charge in [-0.05, 0) is 23.8 Å². The maximum atomic E-state index is 13.2. The number of aliphatic hydroxyl groups excluding tert-OH is 1. The van der Waals surface area contributed by atoms with Gasteiger partial charge in [-0.1, -0.05) is 30.3 Å². The van der Waals surface area contributed by atoms with Crippen LogP contribution in [0.1, 0.15) is 22.0 Å². The second-order valence-corrected chi connectivity index (χ2v) is 4.30. The Morgan fingerprint density at radius 1 is 1.10 bits per heavy atom. The van der Waals surface area contributed by atoms with E-state index < -0.39 is 29.4 Å². The van der Waals surface area contributed by atoms with Crippen molar-refractivity contribution >= 4 is 17.6 Å². The Bertz CT molecular complexity index is 673. The van der Waals surface area contributed by atoms with Gasteiger partial charge in [0, 0.05) is 5.69 Å². The maximum absolute atomic E-state index is 13.2. The van der Waals surface area contributed by atoms with E-state index in [0.717, 1.165) is 12.1 Å². The van der Waals surface area contributed by atoms with E-state index in [2.05, 4.69) is 5.32 Å². The van der Waals surface area contributed by atoms with E-state index in [4.69, 9.17) is 5.11 Å². The molecule has 0 aromatic heterocycles. The number of rotatable bonds is 4. The van der Waals surface area contributed by atoms with Gasteiger partial charge in [-0.25, -0.2) is 9.18 Å². The van der Waals surface area contributed by atoms with Crippen LogP contribution in [0.5, 0.6) is 0 Å². The van der Waals surface area contributed by atoms with Crippen LogP contribution < -0.4 is 5.32 Å². The molecule has 0 spiro atoms. The van der Waals surface area contributed by atoms with Crippen molar-refractivity contribution in [2.45, 2.75) is 6.10 Å². The second-order valence-electron chi connectivity index (χ2n) is 4.30. The molecule has 0 bridgehead atoms. The zero-order valence-corrected chi connectivity index (χ0v) is 10.8. The Morgan fingerprint density at radius 2 is 1.76 bits per heavy atom. The topological polar surface area (TPSA) is 86.6 Å². The highest BCUT2D eigenvalue weighted by atomic mass is 19.1. The predicted molar refractivity (Wildman–Crippen MR) is 73.4 cm³/mol. The molecule has 3 N–H and O–H groups in total. The molecule has 1 atom stereocenters. The third kappa shape index (κ3) is 3.43. The molecule has 1 amide bonds. The standard InChI is InChI=1S/C15H12FNO4/c16-12-7-6-10(8-11(12)15(20)21)17-14(19)13(18)9-4-2-1-3-5-9/h1-8,13,18H,(H,17,19)(H,20,21). The van der Waals surface area contributed by atoms with E-state index in [1.165, 1.54) is 6.07 Å². The molecule has 2 aromatic rings. The highest BCUT2D eigenvalue weighted by Crippen LogP contribution is 2.18. The Labute approximate surface area is 119 Å². The molecule has 0 heterocycles. The van der Waals surface area contributed by atoms with Gasteiger partial charge in [0.05, 0.1) is 5.56 Å². The quantitative estimate of drug-likeness (QED) is 0.805. The molecular formula is C15H12FNO4. The van der Waals surface area contributed by atoms with Gasteiger partial charge in [0.2, 0.25) is 0 Å². The van der Waals surface area contributed by atoms with E-state index in [-0.39, 0.29) is 5.69 Å². The maximum Gasteiger partial charge on any atom is 0.338 e. The summed E-state index contributed by atoms with van der Waals surface area (Å²) < 4.78 is 13.2. The number of amides is 1. The molecule has 108 valence electrons. The zero-order chi connectivity index (χ0) is 15.4. The fourth-order valence-corrected chi connectivity index (χ4v) is 1.76. The molecule has 0 fully saturated rings. The molecular weight excluding hydrogens is 277 g/mol. The molecule has 0 saturated carbocycles. The lowest BCUT2D eigenvalue weighted by molar-refractivity contribution is -0.124. The Kier molecular flexibility index (Phi) is 4.30. The number of anilines is 1. The average Bonchev–Trinajstić information content (AvgIpc) is 2.49. The zero-order valence-electron chi connectivity index (χ0n) is 10.8. The van der Waals surface area contributed by atoms with Crippen LogP contribution in [0.3, 0.4) is 0 Å². The number of carboxylic acid groups (broad SMARTS) is 1. The van der Waals surface area contributed by atoms with Crippen molar-refractivity contribution in [2.75, 3.05) is 5.32 Å². The third-order valence-corrected chi connectivity index (χ3v) is 2.83. The molecule has 0 aliphatic carbocycles. The van der Waals surface area contributed by atoms with Gasteiger partial charge in [-0.15, -0.1) is 0 Å². The van der Waals surface area contributed by atoms with Crippen molar-refractivity contribution in [1.82, 2.24) is 0 Å². The molecule has 1 unspecified atom stereocenters. The van der Waals surface area contributed by atoms with Crippen LogP contribution in [-0.4, -0.2) is 22.1 Å². The summed E-state index contributed by atoms with van der Waals surface area (Å²) in [5.74, 6) is -3.07. The lowest BCUT2D eigenvalue weighted by Gasteiger charge is -2.12. The molecule has 5 nitrogen and oxygen atoms in total.